The first-order valence-corrected chi connectivity index (χ1v) is 6.28. The summed E-state index contributed by atoms with van der Waals surface area (Å²) in [4.78, 5) is 13.7. The van der Waals surface area contributed by atoms with E-state index >= 15 is 0 Å². The molecule has 0 spiro atoms. The average Bonchev–Trinajstić information content (AvgIpc) is 2.28. The SMILES string of the molecule is CN1CCCC(C(C(=O)O)c2cccc(O)c2)C1. The number of rotatable bonds is 3. The fourth-order valence-electron chi connectivity index (χ4n) is 2.81. The second kappa shape index (κ2) is 5.40. The number of hydrogen-bond donors (Lipinski definition) is 2. The Labute approximate surface area is 107 Å². The summed E-state index contributed by atoms with van der Waals surface area (Å²) >= 11 is 0. The number of likely N-dealkylation sites (tertiary alicyclic amines) is 1. The van der Waals surface area contributed by atoms with E-state index in [9.17, 15) is 15.0 Å². The highest BCUT2D eigenvalue weighted by Crippen LogP contribution is 2.32. The van der Waals surface area contributed by atoms with Crippen LogP contribution in [-0.4, -0.2) is 41.2 Å². The summed E-state index contributed by atoms with van der Waals surface area (Å²) in [5.74, 6) is -1.09. The first-order valence-electron chi connectivity index (χ1n) is 6.28. The molecule has 1 aliphatic heterocycles. The number of hydrogen-bond acceptors (Lipinski definition) is 3. The second-order valence-corrected chi connectivity index (χ2v) is 5.08. The lowest BCUT2D eigenvalue weighted by atomic mass is 9.81. The molecule has 4 heteroatoms. The van der Waals surface area contributed by atoms with Crippen molar-refractivity contribution in [3.63, 3.8) is 0 Å². The van der Waals surface area contributed by atoms with Gasteiger partial charge < -0.3 is 15.1 Å². The summed E-state index contributed by atoms with van der Waals surface area (Å²) < 4.78 is 0. The molecule has 2 rings (SSSR count). The van der Waals surface area contributed by atoms with Crippen LogP contribution in [0.25, 0.3) is 0 Å². The number of benzene rings is 1. The van der Waals surface area contributed by atoms with Crippen molar-refractivity contribution < 1.29 is 15.0 Å². The van der Waals surface area contributed by atoms with Crippen molar-refractivity contribution in [2.75, 3.05) is 20.1 Å². The molecule has 1 fully saturated rings. The predicted octanol–water partition coefficient (Wildman–Crippen LogP) is 1.90. The number of aliphatic carboxylic acids is 1. The summed E-state index contributed by atoms with van der Waals surface area (Å²) in [7, 11) is 2.02. The fraction of sp³-hybridized carbons (Fsp3) is 0.500. The van der Waals surface area contributed by atoms with Crippen molar-refractivity contribution in [3.8, 4) is 5.75 Å². The van der Waals surface area contributed by atoms with E-state index in [1.165, 1.54) is 0 Å². The van der Waals surface area contributed by atoms with Gasteiger partial charge in [-0.15, -0.1) is 0 Å². The Morgan fingerprint density at radius 1 is 1.50 bits per heavy atom. The van der Waals surface area contributed by atoms with Gasteiger partial charge in [-0.25, -0.2) is 0 Å². The van der Waals surface area contributed by atoms with E-state index < -0.39 is 11.9 Å². The van der Waals surface area contributed by atoms with Crippen molar-refractivity contribution in [2.45, 2.75) is 18.8 Å². The monoisotopic (exact) mass is 249 g/mol. The number of carboxylic acid groups (broad SMARTS) is 1. The molecular weight excluding hydrogens is 230 g/mol. The molecule has 1 aliphatic rings. The molecule has 0 amide bonds. The van der Waals surface area contributed by atoms with E-state index in [0.29, 0.717) is 5.56 Å². The molecular formula is C14H19NO3. The normalized spacial score (nSPS) is 22.6. The molecule has 0 bridgehead atoms. The lowest BCUT2D eigenvalue weighted by molar-refractivity contribution is -0.140. The van der Waals surface area contributed by atoms with Crippen LogP contribution < -0.4 is 0 Å². The van der Waals surface area contributed by atoms with Crippen LogP contribution in [0.1, 0.15) is 24.3 Å². The molecule has 0 radical (unpaired) electrons. The van der Waals surface area contributed by atoms with Crippen LogP contribution >= 0.6 is 0 Å². The van der Waals surface area contributed by atoms with E-state index in [-0.39, 0.29) is 11.7 Å². The second-order valence-electron chi connectivity index (χ2n) is 5.08. The average molecular weight is 249 g/mol. The molecule has 98 valence electrons. The largest absolute Gasteiger partial charge is 0.508 e. The van der Waals surface area contributed by atoms with Crippen LogP contribution in [0.15, 0.2) is 24.3 Å². The highest BCUT2D eigenvalue weighted by molar-refractivity contribution is 5.76. The van der Waals surface area contributed by atoms with Crippen LogP contribution in [0.5, 0.6) is 5.75 Å². The van der Waals surface area contributed by atoms with Crippen molar-refractivity contribution >= 4 is 5.97 Å². The minimum absolute atomic E-state index is 0.114. The van der Waals surface area contributed by atoms with Gasteiger partial charge in [0.1, 0.15) is 5.75 Å². The summed E-state index contributed by atoms with van der Waals surface area (Å²) in [5.41, 5.74) is 0.697. The Bertz CT molecular complexity index is 433. The number of aromatic hydroxyl groups is 1. The molecule has 1 saturated heterocycles. The van der Waals surface area contributed by atoms with Crippen molar-refractivity contribution in [1.82, 2.24) is 4.90 Å². The van der Waals surface area contributed by atoms with Gasteiger partial charge in [-0.3, -0.25) is 4.79 Å². The number of nitrogens with zero attached hydrogens (tertiary/aromatic N) is 1. The summed E-state index contributed by atoms with van der Waals surface area (Å²) in [5, 5.41) is 18.9. The Hall–Kier alpha value is -1.55. The van der Waals surface area contributed by atoms with Crippen LogP contribution in [0.3, 0.4) is 0 Å². The van der Waals surface area contributed by atoms with E-state index in [1.54, 1.807) is 24.3 Å². The number of carboxylic acids is 1. The topological polar surface area (TPSA) is 60.8 Å². The zero-order valence-corrected chi connectivity index (χ0v) is 10.5. The zero-order chi connectivity index (χ0) is 13.1. The Balaban J connectivity index is 2.25. The molecule has 1 aromatic carbocycles. The fourth-order valence-corrected chi connectivity index (χ4v) is 2.81. The van der Waals surface area contributed by atoms with Gasteiger partial charge in [0.25, 0.3) is 0 Å². The standard InChI is InChI=1S/C14H19NO3/c1-15-7-3-5-11(9-15)13(14(17)18)10-4-2-6-12(16)8-10/h2,4,6,8,11,13,16H,3,5,7,9H2,1H3,(H,17,18). The molecule has 18 heavy (non-hydrogen) atoms. The van der Waals surface area contributed by atoms with Gasteiger partial charge in [-0.05, 0) is 50.0 Å². The van der Waals surface area contributed by atoms with E-state index in [1.807, 2.05) is 7.05 Å². The lowest BCUT2D eigenvalue weighted by Crippen LogP contribution is -2.37. The molecule has 0 saturated carbocycles. The predicted molar refractivity (Wildman–Crippen MR) is 68.7 cm³/mol. The van der Waals surface area contributed by atoms with Gasteiger partial charge in [0, 0.05) is 6.54 Å². The Kier molecular flexibility index (Phi) is 3.87. The molecule has 2 unspecified atom stereocenters. The summed E-state index contributed by atoms with van der Waals surface area (Å²) in [6.45, 7) is 1.83. The molecule has 2 atom stereocenters. The smallest absolute Gasteiger partial charge is 0.311 e. The van der Waals surface area contributed by atoms with Crippen LogP contribution in [0, 0.1) is 5.92 Å². The third-order valence-corrected chi connectivity index (χ3v) is 3.63. The van der Waals surface area contributed by atoms with Crippen molar-refractivity contribution in [2.24, 2.45) is 5.92 Å². The first kappa shape index (κ1) is 12.9. The Morgan fingerprint density at radius 3 is 2.89 bits per heavy atom. The number of phenols is 1. The van der Waals surface area contributed by atoms with Crippen LogP contribution in [0.4, 0.5) is 0 Å². The molecule has 4 nitrogen and oxygen atoms in total. The minimum atomic E-state index is -0.805. The number of carbonyl (C=O) groups is 1. The molecule has 1 heterocycles. The number of phenolic OH excluding ortho intramolecular Hbond substituents is 1. The van der Waals surface area contributed by atoms with E-state index in [2.05, 4.69) is 4.90 Å². The Morgan fingerprint density at radius 2 is 2.28 bits per heavy atom. The quantitative estimate of drug-likeness (QED) is 0.859. The maximum absolute atomic E-state index is 11.5. The zero-order valence-electron chi connectivity index (χ0n) is 10.5. The lowest BCUT2D eigenvalue weighted by Gasteiger charge is -2.33. The molecule has 0 aromatic heterocycles. The van der Waals surface area contributed by atoms with Crippen molar-refractivity contribution in [3.05, 3.63) is 29.8 Å². The summed E-state index contributed by atoms with van der Waals surface area (Å²) in [6, 6.07) is 6.61. The van der Waals surface area contributed by atoms with Gasteiger partial charge in [0.2, 0.25) is 0 Å². The molecule has 0 aliphatic carbocycles. The van der Waals surface area contributed by atoms with Gasteiger partial charge in [-0.2, -0.15) is 0 Å². The van der Waals surface area contributed by atoms with Crippen LogP contribution in [0.2, 0.25) is 0 Å². The van der Waals surface area contributed by atoms with E-state index in [4.69, 9.17) is 0 Å². The third kappa shape index (κ3) is 2.82. The van der Waals surface area contributed by atoms with Gasteiger partial charge in [0.05, 0.1) is 5.92 Å². The van der Waals surface area contributed by atoms with E-state index in [0.717, 1.165) is 25.9 Å². The summed E-state index contributed by atoms with van der Waals surface area (Å²) in [6.07, 6.45) is 1.96. The van der Waals surface area contributed by atoms with Gasteiger partial charge in [0.15, 0.2) is 0 Å². The maximum Gasteiger partial charge on any atom is 0.311 e. The molecule has 2 N–H and O–H groups in total. The molecule has 1 aromatic rings. The highest BCUT2D eigenvalue weighted by Gasteiger charge is 2.32. The van der Waals surface area contributed by atoms with Gasteiger partial charge in [-0.1, -0.05) is 12.1 Å². The number of piperidine rings is 1. The third-order valence-electron chi connectivity index (χ3n) is 3.63. The minimum Gasteiger partial charge on any atom is -0.508 e. The highest BCUT2D eigenvalue weighted by atomic mass is 16.4. The maximum atomic E-state index is 11.5. The van der Waals surface area contributed by atoms with Crippen molar-refractivity contribution in [1.29, 1.82) is 0 Å². The van der Waals surface area contributed by atoms with Crippen LogP contribution in [-0.2, 0) is 4.79 Å². The van der Waals surface area contributed by atoms with Gasteiger partial charge >= 0.3 is 5.97 Å². The first-order chi connectivity index (χ1) is 8.58.